The maximum atomic E-state index is 13.4. The Labute approximate surface area is 128 Å². The molecule has 0 N–H and O–H groups in total. The van der Waals surface area contributed by atoms with Crippen LogP contribution in [0.1, 0.15) is 22.1 Å². The summed E-state index contributed by atoms with van der Waals surface area (Å²) in [6.07, 6.45) is 0. The van der Waals surface area contributed by atoms with Gasteiger partial charge in [-0.3, -0.25) is 0 Å². The molecule has 5 heteroatoms. The smallest absolute Gasteiger partial charge is 0.127 e. The highest BCUT2D eigenvalue weighted by molar-refractivity contribution is 9.10. The van der Waals surface area contributed by atoms with Crippen molar-refractivity contribution in [2.45, 2.75) is 12.3 Å². The van der Waals surface area contributed by atoms with Crippen molar-refractivity contribution in [2.24, 2.45) is 0 Å². The van der Waals surface area contributed by atoms with Crippen LogP contribution in [0, 0.1) is 18.6 Å². The van der Waals surface area contributed by atoms with Crippen LogP contribution in [0.5, 0.6) is 0 Å². The summed E-state index contributed by atoms with van der Waals surface area (Å²) in [7, 11) is 0. The van der Waals surface area contributed by atoms with Gasteiger partial charge in [-0.2, -0.15) is 0 Å². The Morgan fingerprint density at radius 3 is 2.42 bits per heavy atom. The van der Waals surface area contributed by atoms with E-state index in [-0.39, 0.29) is 5.02 Å². The highest BCUT2D eigenvalue weighted by Crippen LogP contribution is 2.36. The zero-order valence-electron chi connectivity index (χ0n) is 9.85. The molecule has 0 aliphatic carbocycles. The molecule has 0 bridgehead atoms. The SMILES string of the molecule is Cc1cc(C(Cl)c2cc(F)cc(Br)c2)c(Cl)cc1F. The number of benzene rings is 2. The molecule has 0 aromatic heterocycles. The van der Waals surface area contributed by atoms with Gasteiger partial charge in [0.25, 0.3) is 0 Å². The molecule has 0 spiro atoms. The summed E-state index contributed by atoms with van der Waals surface area (Å²) in [5, 5.41) is -0.415. The van der Waals surface area contributed by atoms with Crippen molar-refractivity contribution in [1.82, 2.24) is 0 Å². The lowest BCUT2D eigenvalue weighted by Gasteiger charge is -2.14. The van der Waals surface area contributed by atoms with Crippen molar-refractivity contribution < 1.29 is 8.78 Å². The molecule has 19 heavy (non-hydrogen) atoms. The lowest BCUT2D eigenvalue weighted by molar-refractivity contribution is 0.617. The minimum absolute atomic E-state index is 0.225. The average molecular weight is 366 g/mol. The fourth-order valence-corrected chi connectivity index (χ4v) is 2.88. The first-order valence-electron chi connectivity index (χ1n) is 5.44. The Morgan fingerprint density at radius 1 is 1.11 bits per heavy atom. The first-order valence-corrected chi connectivity index (χ1v) is 7.05. The fourth-order valence-electron chi connectivity index (χ4n) is 1.77. The second-order valence-corrected chi connectivity index (χ2v) is 5.95. The average Bonchev–Trinajstić information content (AvgIpc) is 2.31. The van der Waals surface area contributed by atoms with Crippen LogP contribution in [0.15, 0.2) is 34.8 Å². The molecule has 0 aliphatic heterocycles. The maximum Gasteiger partial charge on any atom is 0.127 e. The Balaban J connectivity index is 2.49. The summed E-state index contributed by atoms with van der Waals surface area (Å²) >= 11 is 15.5. The molecule has 0 fully saturated rings. The molecule has 1 unspecified atom stereocenters. The number of hydrogen-bond donors (Lipinski definition) is 0. The van der Waals surface area contributed by atoms with Gasteiger partial charge >= 0.3 is 0 Å². The molecule has 0 aliphatic rings. The van der Waals surface area contributed by atoms with Crippen LogP contribution in [0.3, 0.4) is 0 Å². The molecular formula is C14H9BrCl2F2. The second-order valence-electron chi connectivity index (χ2n) is 4.19. The van der Waals surface area contributed by atoms with Crippen LogP contribution in [0.2, 0.25) is 5.02 Å². The Kier molecular flexibility index (Phi) is 4.49. The van der Waals surface area contributed by atoms with E-state index in [9.17, 15) is 8.78 Å². The summed E-state index contributed by atoms with van der Waals surface area (Å²) in [6, 6.07) is 7.17. The number of alkyl halides is 1. The molecule has 0 saturated heterocycles. The van der Waals surface area contributed by atoms with Crippen LogP contribution in [-0.4, -0.2) is 0 Å². The normalized spacial score (nSPS) is 12.5. The summed E-state index contributed by atoms with van der Waals surface area (Å²) in [6.45, 7) is 1.63. The van der Waals surface area contributed by atoms with E-state index >= 15 is 0 Å². The molecule has 2 aromatic rings. The third kappa shape index (κ3) is 3.28. The van der Waals surface area contributed by atoms with Gasteiger partial charge in [-0.1, -0.05) is 27.5 Å². The van der Waals surface area contributed by atoms with E-state index in [1.807, 2.05) is 0 Å². The van der Waals surface area contributed by atoms with Crippen molar-refractivity contribution in [1.29, 1.82) is 0 Å². The maximum absolute atomic E-state index is 13.4. The first-order chi connectivity index (χ1) is 8.88. The molecule has 100 valence electrons. The van der Waals surface area contributed by atoms with E-state index in [0.29, 0.717) is 21.2 Å². The van der Waals surface area contributed by atoms with Crippen LogP contribution in [0.4, 0.5) is 8.78 Å². The highest BCUT2D eigenvalue weighted by Gasteiger charge is 2.17. The van der Waals surface area contributed by atoms with Crippen molar-refractivity contribution in [2.75, 3.05) is 0 Å². The second kappa shape index (κ2) is 5.78. The number of halogens is 5. The number of rotatable bonds is 2. The van der Waals surface area contributed by atoms with Crippen molar-refractivity contribution in [3.63, 3.8) is 0 Å². The van der Waals surface area contributed by atoms with Gasteiger partial charge < -0.3 is 0 Å². The molecule has 0 amide bonds. The molecule has 0 radical (unpaired) electrons. The van der Waals surface area contributed by atoms with Gasteiger partial charge in [-0.15, -0.1) is 11.6 Å². The van der Waals surface area contributed by atoms with Gasteiger partial charge in [0, 0.05) is 9.50 Å². The molecule has 0 heterocycles. The Bertz CT molecular complexity index is 609. The zero-order valence-corrected chi connectivity index (χ0v) is 13.0. The summed E-state index contributed by atoms with van der Waals surface area (Å²) < 4.78 is 27.3. The van der Waals surface area contributed by atoms with Crippen molar-refractivity contribution in [3.8, 4) is 0 Å². The lowest BCUT2D eigenvalue weighted by atomic mass is 10.0. The third-order valence-corrected chi connectivity index (χ3v) is 4.00. The van der Waals surface area contributed by atoms with Gasteiger partial charge in [-0.25, -0.2) is 8.78 Å². The van der Waals surface area contributed by atoms with Gasteiger partial charge in [-0.05, 0) is 53.9 Å². The largest absolute Gasteiger partial charge is 0.207 e. The summed E-state index contributed by atoms with van der Waals surface area (Å²) in [5.41, 5.74) is 1.56. The first kappa shape index (κ1) is 14.8. The summed E-state index contributed by atoms with van der Waals surface area (Å²) in [5.74, 6) is -0.789. The standard InChI is InChI=1S/C14H9BrCl2F2/c1-7-2-11(12(16)6-13(7)19)14(17)8-3-9(15)5-10(18)4-8/h2-6,14H,1H3. The molecule has 2 aromatic carbocycles. The highest BCUT2D eigenvalue weighted by atomic mass is 79.9. The van der Waals surface area contributed by atoms with E-state index in [1.165, 1.54) is 18.2 Å². The van der Waals surface area contributed by atoms with Gasteiger partial charge in [0.1, 0.15) is 11.6 Å². The quantitative estimate of drug-likeness (QED) is 0.571. The van der Waals surface area contributed by atoms with E-state index in [1.54, 1.807) is 19.1 Å². The minimum Gasteiger partial charge on any atom is -0.207 e. The van der Waals surface area contributed by atoms with Crippen LogP contribution >= 0.6 is 39.1 Å². The third-order valence-electron chi connectivity index (χ3n) is 2.73. The predicted octanol–water partition coefficient (Wildman–Crippen LogP) is 6.02. The molecule has 1 atom stereocenters. The van der Waals surface area contributed by atoms with Gasteiger partial charge in [0.15, 0.2) is 0 Å². The molecule has 0 nitrogen and oxygen atoms in total. The lowest BCUT2D eigenvalue weighted by Crippen LogP contribution is -1.98. The fraction of sp³-hybridized carbons (Fsp3) is 0.143. The monoisotopic (exact) mass is 364 g/mol. The van der Waals surface area contributed by atoms with E-state index < -0.39 is 17.0 Å². The van der Waals surface area contributed by atoms with E-state index in [4.69, 9.17) is 23.2 Å². The minimum atomic E-state index is -0.640. The Hall–Kier alpha value is -0.640. The van der Waals surface area contributed by atoms with E-state index in [0.717, 1.165) is 0 Å². The molecule has 0 saturated carbocycles. The Morgan fingerprint density at radius 2 is 1.79 bits per heavy atom. The van der Waals surface area contributed by atoms with E-state index in [2.05, 4.69) is 15.9 Å². The predicted molar refractivity (Wildman–Crippen MR) is 77.9 cm³/mol. The summed E-state index contributed by atoms with van der Waals surface area (Å²) in [4.78, 5) is 0. The van der Waals surface area contributed by atoms with Crippen LogP contribution < -0.4 is 0 Å². The van der Waals surface area contributed by atoms with Crippen LogP contribution in [0.25, 0.3) is 0 Å². The van der Waals surface area contributed by atoms with Crippen molar-refractivity contribution >= 4 is 39.1 Å². The zero-order chi connectivity index (χ0) is 14.2. The molecular weight excluding hydrogens is 357 g/mol. The van der Waals surface area contributed by atoms with Crippen LogP contribution in [-0.2, 0) is 0 Å². The number of aryl methyl sites for hydroxylation is 1. The van der Waals surface area contributed by atoms with Gasteiger partial charge in [0.2, 0.25) is 0 Å². The number of hydrogen-bond acceptors (Lipinski definition) is 0. The van der Waals surface area contributed by atoms with Crippen molar-refractivity contribution in [3.05, 3.63) is 68.2 Å². The molecule has 2 rings (SSSR count). The van der Waals surface area contributed by atoms with Gasteiger partial charge in [0.05, 0.1) is 5.38 Å². The topological polar surface area (TPSA) is 0 Å².